The zero-order chi connectivity index (χ0) is 19.4. The Labute approximate surface area is 160 Å². The highest BCUT2D eigenvalue weighted by molar-refractivity contribution is 7.89. The van der Waals surface area contributed by atoms with Crippen molar-refractivity contribution < 1.29 is 12.8 Å². The summed E-state index contributed by atoms with van der Waals surface area (Å²) in [4.78, 5) is 0.271. The van der Waals surface area contributed by atoms with Gasteiger partial charge in [-0.3, -0.25) is 0 Å². The fraction of sp³-hybridized carbons (Fsp3) is 0.381. The van der Waals surface area contributed by atoms with Gasteiger partial charge in [0.25, 0.3) is 0 Å². The van der Waals surface area contributed by atoms with Gasteiger partial charge < -0.3 is 0 Å². The van der Waals surface area contributed by atoms with E-state index in [0.29, 0.717) is 25.7 Å². The van der Waals surface area contributed by atoms with E-state index in [9.17, 15) is 12.8 Å². The van der Waals surface area contributed by atoms with Gasteiger partial charge in [0.1, 0.15) is 5.82 Å². The van der Waals surface area contributed by atoms with Crippen molar-refractivity contribution in [3.8, 4) is 6.07 Å². The van der Waals surface area contributed by atoms with Gasteiger partial charge in [-0.2, -0.15) is 9.57 Å². The minimum atomic E-state index is -3.69. The summed E-state index contributed by atoms with van der Waals surface area (Å²) in [5, 5.41) is 8.81. The molecule has 0 radical (unpaired) electrons. The van der Waals surface area contributed by atoms with E-state index >= 15 is 0 Å². The number of nitrogens with zero attached hydrogens (tertiary/aromatic N) is 2. The molecule has 0 aliphatic carbocycles. The largest absolute Gasteiger partial charge is 0.243 e. The van der Waals surface area contributed by atoms with Crippen molar-refractivity contribution in [3.05, 3.63) is 65.5 Å². The van der Waals surface area contributed by atoms with Crippen LogP contribution in [0.5, 0.6) is 0 Å². The quantitative estimate of drug-likeness (QED) is 0.675. The molecule has 27 heavy (non-hydrogen) atoms. The van der Waals surface area contributed by atoms with Crippen molar-refractivity contribution in [2.75, 3.05) is 0 Å². The monoisotopic (exact) mass is 386 g/mol. The molecule has 0 amide bonds. The number of halogens is 1. The number of rotatable bonds is 6. The third kappa shape index (κ3) is 4.20. The summed E-state index contributed by atoms with van der Waals surface area (Å²) in [6.45, 7) is 1.91. The van der Waals surface area contributed by atoms with E-state index in [1.807, 2.05) is 6.92 Å². The molecular formula is C21H23FN2O2S. The first-order valence-electron chi connectivity index (χ1n) is 9.16. The lowest BCUT2D eigenvalue weighted by Gasteiger charge is -2.30. The molecule has 4 nitrogen and oxygen atoms in total. The van der Waals surface area contributed by atoms with Crippen LogP contribution in [0.4, 0.5) is 4.39 Å². The summed E-state index contributed by atoms with van der Waals surface area (Å²) in [6.07, 6.45) is 3.15. The second-order valence-corrected chi connectivity index (χ2v) is 8.84. The standard InChI is InChI=1S/C21H23FN2O2S/c1-16-5-12-20(13-6-16)27(25,26)24-19(4-2-3-15-23)11-14-21(24)17-7-9-18(22)10-8-17/h5-10,12-13,19,21H,2-4,11,14H2,1H3/t19?,21-/m1/s1. The van der Waals surface area contributed by atoms with Gasteiger partial charge in [-0.1, -0.05) is 29.8 Å². The predicted octanol–water partition coefficient (Wildman–Crippen LogP) is 4.72. The third-order valence-corrected chi connectivity index (χ3v) is 7.09. The zero-order valence-electron chi connectivity index (χ0n) is 15.3. The molecule has 0 saturated carbocycles. The van der Waals surface area contributed by atoms with Crippen LogP contribution < -0.4 is 0 Å². The summed E-state index contributed by atoms with van der Waals surface area (Å²) < 4.78 is 41.8. The van der Waals surface area contributed by atoms with Crippen molar-refractivity contribution >= 4 is 10.0 Å². The Morgan fingerprint density at radius 2 is 1.78 bits per heavy atom. The second-order valence-electron chi connectivity index (χ2n) is 7.00. The average Bonchev–Trinajstić information content (AvgIpc) is 3.08. The van der Waals surface area contributed by atoms with Crippen LogP contribution in [0.3, 0.4) is 0 Å². The average molecular weight is 386 g/mol. The lowest BCUT2D eigenvalue weighted by Crippen LogP contribution is -2.37. The minimum Gasteiger partial charge on any atom is -0.207 e. The van der Waals surface area contributed by atoms with Crippen molar-refractivity contribution in [2.24, 2.45) is 0 Å². The van der Waals surface area contributed by atoms with E-state index in [4.69, 9.17) is 5.26 Å². The molecule has 1 saturated heterocycles. The van der Waals surface area contributed by atoms with Gasteiger partial charge >= 0.3 is 0 Å². The van der Waals surface area contributed by atoms with Crippen molar-refractivity contribution in [1.29, 1.82) is 5.26 Å². The Morgan fingerprint density at radius 3 is 2.41 bits per heavy atom. The first kappa shape index (κ1) is 19.5. The molecule has 3 rings (SSSR count). The van der Waals surface area contributed by atoms with Gasteiger partial charge in [0.15, 0.2) is 0 Å². The molecule has 1 heterocycles. The normalized spacial score (nSPS) is 20.5. The predicted molar refractivity (Wildman–Crippen MR) is 102 cm³/mol. The van der Waals surface area contributed by atoms with Gasteiger partial charge in [-0.25, -0.2) is 12.8 Å². The maximum absolute atomic E-state index is 13.4. The molecule has 1 aliphatic heterocycles. The molecule has 6 heteroatoms. The molecule has 0 bridgehead atoms. The van der Waals surface area contributed by atoms with E-state index in [1.54, 1.807) is 40.7 Å². The molecule has 1 aliphatic rings. The molecule has 142 valence electrons. The van der Waals surface area contributed by atoms with Gasteiger partial charge in [-0.15, -0.1) is 0 Å². The van der Waals surface area contributed by atoms with Crippen molar-refractivity contribution in [3.63, 3.8) is 0 Å². The molecule has 1 unspecified atom stereocenters. The Bertz CT molecular complexity index is 918. The fourth-order valence-corrected chi connectivity index (χ4v) is 5.63. The molecular weight excluding hydrogens is 363 g/mol. The van der Waals surface area contributed by atoms with Crippen LogP contribution in [0.25, 0.3) is 0 Å². The van der Waals surface area contributed by atoms with E-state index in [2.05, 4.69) is 6.07 Å². The van der Waals surface area contributed by atoms with Gasteiger partial charge in [0, 0.05) is 12.5 Å². The Balaban J connectivity index is 1.97. The second kappa shape index (κ2) is 8.20. The minimum absolute atomic E-state index is 0.153. The Kier molecular flexibility index (Phi) is 5.93. The van der Waals surface area contributed by atoms with E-state index in [0.717, 1.165) is 17.5 Å². The first-order chi connectivity index (χ1) is 12.9. The maximum Gasteiger partial charge on any atom is 0.243 e. The molecule has 2 atom stereocenters. The van der Waals surface area contributed by atoms with Crippen LogP contribution in [-0.4, -0.2) is 18.8 Å². The first-order valence-corrected chi connectivity index (χ1v) is 10.6. The highest BCUT2D eigenvalue weighted by Gasteiger charge is 2.42. The molecule has 2 aromatic carbocycles. The molecule has 1 fully saturated rings. The molecule has 2 aromatic rings. The lowest BCUT2D eigenvalue weighted by molar-refractivity contribution is 0.310. The van der Waals surface area contributed by atoms with Crippen molar-refractivity contribution in [1.82, 2.24) is 4.31 Å². The van der Waals surface area contributed by atoms with E-state index in [-0.39, 0.29) is 22.8 Å². The number of hydrogen-bond donors (Lipinski definition) is 0. The zero-order valence-corrected chi connectivity index (χ0v) is 16.1. The number of sulfonamides is 1. The Hall–Kier alpha value is -2.23. The van der Waals surface area contributed by atoms with E-state index < -0.39 is 10.0 Å². The van der Waals surface area contributed by atoms with Gasteiger partial charge in [0.2, 0.25) is 10.0 Å². The highest BCUT2D eigenvalue weighted by Crippen LogP contribution is 2.42. The summed E-state index contributed by atoms with van der Waals surface area (Å²) >= 11 is 0. The molecule has 0 spiro atoms. The van der Waals surface area contributed by atoms with Gasteiger partial charge in [-0.05, 0) is 62.4 Å². The van der Waals surface area contributed by atoms with Crippen LogP contribution in [0.15, 0.2) is 53.4 Å². The number of nitriles is 1. The summed E-state index contributed by atoms with van der Waals surface area (Å²) in [7, 11) is -3.69. The van der Waals surface area contributed by atoms with Crippen LogP contribution in [0.1, 0.15) is 49.3 Å². The molecule has 0 aromatic heterocycles. The van der Waals surface area contributed by atoms with E-state index in [1.165, 1.54) is 12.1 Å². The molecule has 0 N–H and O–H groups in total. The number of hydrogen-bond acceptors (Lipinski definition) is 3. The smallest absolute Gasteiger partial charge is 0.207 e. The SMILES string of the molecule is Cc1ccc(S(=O)(=O)N2C(CCCC#N)CC[C@@H]2c2ccc(F)cc2)cc1. The van der Waals surface area contributed by atoms with Crippen LogP contribution in [0, 0.1) is 24.1 Å². The van der Waals surface area contributed by atoms with Crippen LogP contribution in [0.2, 0.25) is 0 Å². The number of aryl methyl sites for hydroxylation is 1. The van der Waals surface area contributed by atoms with Crippen molar-refractivity contribution in [2.45, 2.75) is 56.0 Å². The number of unbranched alkanes of at least 4 members (excludes halogenated alkanes) is 1. The Morgan fingerprint density at radius 1 is 1.11 bits per heavy atom. The maximum atomic E-state index is 13.4. The summed E-state index contributed by atoms with van der Waals surface area (Å²) in [6, 6.07) is 14.6. The summed E-state index contributed by atoms with van der Waals surface area (Å²) in [5.74, 6) is -0.338. The van der Waals surface area contributed by atoms with Gasteiger partial charge in [0.05, 0.1) is 17.0 Å². The third-order valence-electron chi connectivity index (χ3n) is 5.12. The topological polar surface area (TPSA) is 61.2 Å². The van der Waals surface area contributed by atoms with Crippen LogP contribution >= 0.6 is 0 Å². The lowest BCUT2D eigenvalue weighted by atomic mass is 10.0. The van der Waals surface area contributed by atoms with Crippen LogP contribution in [-0.2, 0) is 10.0 Å². The fourth-order valence-electron chi connectivity index (χ4n) is 3.74. The summed E-state index contributed by atoms with van der Waals surface area (Å²) in [5.41, 5.74) is 1.80. The highest BCUT2D eigenvalue weighted by atomic mass is 32.2. The number of benzene rings is 2.